The zero-order valence-electron chi connectivity index (χ0n) is 14.1. The molecule has 130 valence electrons. The number of β-amino-alcohol motifs (C(OH)–C–C–N with tert-alkyl or cyclic N) is 1. The van der Waals surface area contributed by atoms with Gasteiger partial charge in [-0.05, 0) is 19.1 Å². The van der Waals surface area contributed by atoms with Crippen LogP contribution in [0.4, 0.5) is 0 Å². The van der Waals surface area contributed by atoms with E-state index in [4.69, 9.17) is 9.84 Å². The lowest BCUT2D eigenvalue weighted by Crippen LogP contribution is -2.48. The van der Waals surface area contributed by atoms with Crippen molar-refractivity contribution in [2.45, 2.75) is 37.9 Å². The summed E-state index contributed by atoms with van der Waals surface area (Å²) < 4.78 is 5.31. The van der Waals surface area contributed by atoms with Crippen LogP contribution in [0, 0.1) is 0 Å². The van der Waals surface area contributed by atoms with Crippen LogP contribution in [-0.4, -0.2) is 84.9 Å². The first kappa shape index (κ1) is 19.7. The fourth-order valence-corrected chi connectivity index (χ4v) is 2.96. The van der Waals surface area contributed by atoms with E-state index < -0.39 is 0 Å². The van der Waals surface area contributed by atoms with Gasteiger partial charge in [0.1, 0.15) is 6.61 Å². The number of aliphatic hydroxyl groups excluding tert-OH is 1. The second-order valence-electron chi connectivity index (χ2n) is 5.92. The summed E-state index contributed by atoms with van der Waals surface area (Å²) in [6.45, 7) is 8.50. The van der Waals surface area contributed by atoms with Crippen molar-refractivity contribution in [2.24, 2.45) is 0 Å². The Kier molecular flexibility index (Phi) is 10.9. The van der Waals surface area contributed by atoms with E-state index in [2.05, 4.69) is 23.0 Å². The average Bonchev–Trinajstić information content (AvgIpc) is 2.53. The minimum absolute atomic E-state index is 0.0595. The second-order valence-corrected chi connectivity index (χ2v) is 7.20. The smallest absolute Gasteiger partial charge is 0.305 e. The van der Waals surface area contributed by atoms with E-state index in [1.54, 1.807) is 0 Å². The maximum absolute atomic E-state index is 11.7. The molecule has 1 unspecified atom stereocenters. The van der Waals surface area contributed by atoms with Crippen molar-refractivity contribution in [3.63, 3.8) is 0 Å². The van der Waals surface area contributed by atoms with Crippen LogP contribution in [0.3, 0.4) is 0 Å². The van der Waals surface area contributed by atoms with Crippen molar-refractivity contribution in [3.05, 3.63) is 0 Å². The number of aliphatic hydroxyl groups is 1. The van der Waals surface area contributed by atoms with E-state index in [-0.39, 0.29) is 12.6 Å². The molecular weight excluding hydrogens is 300 g/mol. The minimum Gasteiger partial charge on any atom is -0.464 e. The number of unbranched alkanes of at least 4 members (excludes halogenated alkanes) is 1. The monoisotopic (exact) mass is 332 g/mol. The summed E-state index contributed by atoms with van der Waals surface area (Å²) in [5.41, 5.74) is 0. The third-order valence-corrected chi connectivity index (χ3v) is 5.24. The van der Waals surface area contributed by atoms with E-state index in [0.29, 0.717) is 18.3 Å². The molecular formula is C16H32N2O3S. The highest BCUT2D eigenvalue weighted by atomic mass is 32.2. The number of thioether (sulfide) groups is 1. The predicted octanol–water partition coefficient (Wildman–Crippen LogP) is 1.45. The van der Waals surface area contributed by atoms with Gasteiger partial charge in [-0.1, -0.05) is 13.3 Å². The fourth-order valence-electron chi connectivity index (χ4n) is 2.56. The Bertz CT molecular complexity index is 297. The molecule has 0 aromatic heterocycles. The minimum atomic E-state index is -0.0595. The Morgan fingerprint density at radius 1 is 1.18 bits per heavy atom. The maximum atomic E-state index is 11.7. The highest BCUT2D eigenvalue weighted by Gasteiger charge is 2.16. The summed E-state index contributed by atoms with van der Waals surface area (Å²) in [4.78, 5) is 16.2. The van der Waals surface area contributed by atoms with Gasteiger partial charge in [-0.25, -0.2) is 0 Å². The van der Waals surface area contributed by atoms with Gasteiger partial charge in [0.2, 0.25) is 0 Å². The number of ether oxygens (including phenoxy) is 1. The molecule has 1 aliphatic rings. The third kappa shape index (κ3) is 8.98. The second kappa shape index (κ2) is 12.2. The van der Waals surface area contributed by atoms with Crippen molar-refractivity contribution < 1.29 is 14.6 Å². The molecule has 0 spiro atoms. The standard InChI is InChI=1S/C16H32N2O3S/c1-15(22-2)5-3-4-6-16(20)21-14-12-18-9-7-17(8-10-18)11-13-19/h15,19H,3-14H2,1-2H3. The molecule has 1 heterocycles. The summed E-state index contributed by atoms with van der Waals surface area (Å²) >= 11 is 1.88. The van der Waals surface area contributed by atoms with Crippen LogP contribution in [0.15, 0.2) is 0 Å². The predicted molar refractivity (Wildman–Crippen MR) is 92.4 cm³/mol. The van der Waals surface area contributed by atoms with Gasteiger partial charge < -0.3 is 9.84 Å². The van der Waals surface area contributed by atoms with E-state index in [1.807, 2.05) is 11.8 Å². The molecule has 0 aromatic carbocycles. The zero-order chi connectivity index (χ0) is 16.2. The lowest BCUT2D eigenvalue weighted by atomic mass is 10.1. The highest BCUT2D eigenvalue weighted by molar-refractivity contribution is 7.99. The van der Waals surface area contributed by atoms with E-state index in [9.17, 15) is 4.79 Å². The fraction of sp³-hybridized carbons (Fsp3) is 0.938. The Morgan fingerprint density at radius 2 is 1.82 bits per heavy atom. The van der Waals surface area contributed by atoms with Gasteiger partial charge in [0, 0.05) is 50.9 Å². The van der Waals surface area contributed by atoms with Crippen molar-refractivity contribution in [3.8, 4) is 0 Å². The van der Waals surface area contributed by atoms with Crippen molar-refractivity contribution in [1.29, 1.82) is 0 Å². The van der Waals surface area contributed by atoms with Crippen LogP contribution in [0.5, 0.6) is 0 Å². The SMILES string of the molecule is CSC(C)CCCCC(=O)OCCN1CCN(CCO)CC1. The summed E-state index contributed by atoms with van der Waals surface area (Å²) in [7, 11) is 0. The lowest BCUT2D eigenvalue weighted by Gasteiger charge is -2.34. The van der Waals surface area contributed by atoms with Gasteiger partial charge in [0.15, 0.2) is 0 Å². The molecule has 0 amide bonds. The normalized spacial score (nSPS) is 18.3. The van der Waals surface area contributed by atoms with Crippen LogP contribution < -0.4 is 0 Å². The molecule has 1 N–H and O–H groups in total. The molecule has 1 atom stereocenters. The summed E-state index contributed by atoms with van der Waals surface area (Å²) in [5.74, 6) is -0.0595. The van der Waals surface area contributed by atoms with Crippen LogP contribution in [0.25, 0.3) is 0 Å². The van der Waals surface area contributed by atoms with Crippen molar-refractivity contribution in [2.75, 3.05) is 58.7 Å². The lowest BCUT2D eigenvalue weighted by molar-refractivity contribution is -0.144. The van der Waals surface area contributed by atoms with Crippen molar-refractivity contribution >= 4 is 17.7 Å². The molecule has 0 radical (unpaired) electrons. The number of rotatable bonds is 11. The van der Waals surface area contributed by atoms with Gasteiger partial charge >= 0.3 is 5.97 Å². The Hall–Kier alpha value is -0.300. The number of carbonyl (C=O) groups is 1. The first-order chi connectivity index (χ1) is 10.7. The number of nitrogens with zero attached hydrogens (tertiary/aromatic N) is 2. The molecule has 1 fully saturated rings. The number of carbonyl (C=O) groups excluding carboxylic acids is 1. The molecule has 0 aromatic rings. The van der Waals surface area contributed by atoms with Crippen LogP contribution in [0.2, 0.25) is 0 Å². The maximum Gasteiger partial charge on any atom is 0.305 e. The largest absolute Gasteiger partial charge is 0.464 e. The molecule has 0 aliphatic carbocycles. The molecule has 1 saturated heterocycles. The van der Waals surface area contributed by atoms with Gasteiger partial charge in [0.05, 0.1) is 6.61 Å². The van der Waals surface area contributed by atoms with E-state index in [1.165, 1.54) is 6.42 Å². The Morgan fingerprint density at radius 3 is 2.41 bits per heavy atom. The zero-order valence-corrected chi connectivity index (χ0v) is 14.9. The summed E-state index contributed by atoms with van der Waals surface area (Å²) in [5, 5.41) is 9.59. The van der Waals surface area contributed by atoms with Crippen LogP contribution in [0.1, 0.15) is 32.6 Å². The number of hydrogen-bond acceptors (Lipinski definition) is 6. The number of esters is 1. The molecule has 22 heavy (non-hydrogen) atoms. The van der Waals surface area contributed by atoms with Gasteiger partial charge in [-0.3, -0.25) is 14.6 Å². The number of hydrogen-bond donors (Lipinski definition) is 1. The molecule has 5 nitrogen and oxygen atoms in total. The molecule has 0 saturated carbocycles. The summed E-state index contributed by atoms with van der Waals surface area (Å²) in [6.07, 6.45) is 5.88. The quantitative estimate of drug-likeness (QED) is 0.457. The molecule has 6 heteroatoms. The first-order valence-electron chi connectivity index (χ1n) is 8.39. The van der Waals surface area contributed by atoms with E-state index in [0.717, 1.165) is 52.1 Å². The van der Waals surface area contributed by atoms with Gasteiger partial charge in [0.25, 0.3) is 0 Å². The number of piperazine rings is 1. The van der Waals surface area contributed by atoms with E-state index >= 15 is 0 Å². The first-order valence-corrected chi connectivity index (χ1v) is 9.68. The third-order valence-electron chi connectivity index (χ3n) is 4.20. The van der Waals surface area contributed by atoms with Gasteiger partial charge in [-0.2, -0.15) is 11.8 Å². The Balaban J connectivity index is 1.97. The van der Waals surface area contributed by atoms with Crippen LogP contribution in [-0.2, 0) is 9.53 Å². The van der Waals surface area contributed by atoms with Crippen LogP contribution >= 0.6 is 11.8 Å². The molecule has 1 rings (SSSR count). The summed E-state index contributed by atoms with van der Waals surface area (Å²) in [6, 6.07) is 0. The van der Waals surface area contributed by atoms with Crippen molar-refractivity contribution in [1.82, 2.24) is 9.80 Å². The molecule has 1 aliphatic heterocycles. The highest BCUT2D eigenvalue weighted by Crippen LogP contribution is 2.14. The topological polar surface area (TPSA) is 53.0 Å². The molecule has 0 bridgehead atoms. The Labute approximate surface area is 139 Å². The van der Waals surface area contributed by atoms with Gasteiger partial charge in [-0.15, -0.1) is 0 Å². The average molecular weight is 333 g/mol.